The third kappa shape index (κ3) is 4.00. The van der Waals surface area contributed by atoms with Crippen molar-refractivity contribution in [2.75, 3.05) is 7.11 Å². The van der Waals surface area contributed by atoms with E-state index in [1.165, 1.54) is 18.4 Å². The lowest BCUT2D eigenvalue weighted by molar-refractivity contribution is 0.139. The van der Waals surface area contributed by atoms with Crippen LogP contribution in [-0.2, 0) is 4.74 Å². The largest absolute Gasteiger partial charge is 0.505 e. The van der Waals surface area contributed by atoms with Gasteiger partial charge in [-0.1, -0.05) is 22.0 Å². The third-order valence-corrected chi connectivity index (χ3v) is 4.58. The van der Waals surface area contributed by atoms with Crippen molar-refractivity contribution in [1.82, 2.24) is 0 Å². The number of benzene rings is 1. The second kappa shape index (κ2) is 6.99. The molecule has 1 aliphatic rings. The summed E-state index contributed by atoms with van der Waals surface area (Å²) in [5.74, 6) is 1.65. The van der Waals surface area contributed by atoms with Crippen LogP contribution in [0.15, 0.2) is 35.0 Å². The van der Waals surface area contributed by atoms with E-state index in [1.807, 2.05) is 6.07 Å². The van der Waals surface area contributed by atoms with E-state index in [1.54, 1.807) is 13.4 Å². The number of rotatable bonds is 4. The molecule has 0 radical (unpaired) electrons. The van der Waals surface area contributed by atoms with E-state index in [2.05, 4.69) is 41.1 Å². The Morgan fingerprint density at radius 2 is 1.95 bits per heavy atom. The van der Waals surface area contributed by atoms with Crippen LogP contribution >= 0.6 is 15.9 Å². The fourth-order valence-electron chi connectivity index (χ4n) is 2.48. The molecule has 2 nitrogen and oxygen atoms in total. The van der Waals surface area contributed by atoms with Gasteiger partial charge in [-0.25, -0.2) is 0 Å². The van der Waals surface area contributed by atoms with Gasteiger partial charge >= 0.3 is 0 Å². The molecule has 0 N–H and O–H groups in total. The number of hydrogen-bond acceptors (Lipinski definition) is 2. The molecular formula is C16H21BrO2. The molecule has 0 spiro atoms. The third-order valence-electron chi connectivity index (χ3n) is 3.72. The van der Waals surface area contributed by atoms with Gasteiger partial charge in [0.25, 0.3) is 0 Å². The molecule has 1 aromatic rings. The maximum Gasteiger partial charge on any atom is 0.123 e. The minimum Gasteiger partial charge on any atom is -0.505 e. The molecule has 3 heteroatoms. The van der Waals surface area contributed by atoms with Gasteiger partial charge in [0.2, 0.25) is 0 Å². The number of ether oxygens (including phenoxy) is 2. The molecule has 1 aromatic carbocycles. The summed E-state index contributed by atoms with van der Waals surface area (Å²) >= 11 is 3.55. The minimum atomic E-state index is 0.347. The Morgan fingerprint density at radius 1 is 1.21 bits per heavy atom. The lowest BCUT2D eigenvalue weighted by Gasteiger charge is -2.28. The highest BCUT2D eigenvalue weighted by atomic mass is 79.9. The average molecular weight is 325 g/mol. The SMILES string of the molecule is CO/C=C/C1CCC(Oc2cccc(Br)c2C)CC1. The van der Waals surface area contributed by atoms with Crippen molar-refractivity contribution in [3.8, 4) is 5.75 Å². The maximum absolute atomic E-state index is 6.13. The van der Waals surface area contributed by atoms with Crippen molar-refractivity contribution in [2.45, 2.75) is 38.7 Å². The Bertz CT molecular complexity index is 434. The van der Waals surface area contributed by atoms with Crippen LogP contribution in [0.25, 0.3) is 0 Å². The normalized spacial score (nSPS) is 23.5. The average Bonchev–Trinajstić information content (AvgIpc) is 2.43. The fraction of sp³-hybridized carbons (Fsp3) is 0.500. The zero-order chi connectivity index (χ0) is 13.7. The van der Waals surface area contributed by atoms with Crippen molar-refractivity contribution in [3.05, 3.63) is 40.6 Å². The summed E-state index contributed by atoms with van der Waals surface area (Å²) in [6.45, 7) is 2.09. The Labute approximate surface area is 123 Å². The van der Waals surface area contributed by atoms with Gasteiger partial charge in [0.05, 0.1) is 19.5 Å². The highest BCUT2D eigenvalue weighted by Gasteiger charge is 2.21. The van der Waals surface area contributed by atoms with Crippen LogP contribution in [0.5, 0.6) is 5.75 Å². The predicted molar refractivity (Wildman–Crippen MR) is 81.4 cm³/mol. The van der Waals surface area contributed by atoms with Gasteiger partial charge in [-0.3, -0.25) is 0 Å². The molecule has 104 valence electrons. The van der Waals surface area contributed by atoms with Crippen LogP contribution in [-0.4, -0.2) is 13.2 Å². The van der Waals surface area contributed by atoms with Crippen LogP contribution in [0.3, 0.4) is 0 Å². The van der Waals surface area contributed by atoms with E-state index in [4.69, 9.17) is 9.47 Å². The van der Waals surface area contributed by atoms with Crippen LogP contribution < -0.4 is 4.74 Å². The van der Waals surface area contributed by atoms with E-state index in [0.29, 0.717) is 12.0 Å². The molecule has 0 aliphatic heterocycles. The Morgan fingerprint density at radius 3 is 2.63 bits per heavy atom. The van der Waals surface area contributed by atoms with Gasteiger partial charge in [0.1, 0.15) is 5.75 Å². The van der Waals surface area contributed by atoms with Gasteiger partial charge < -0.3 is 9.47 Å². The van der Waals surface area contributed by atoms with Crippen LogP contribution in [0.4, 0.5) is 0 Å². The zero-order valence-corrected chi connectivity index (χ0v) is 13.2. The quantitative estimate of drug-likeness (QED) is 0.736. The van der Waals surface area contributed by atoms with Gasteiger partial charge in [-0.15, -0.1) is 0 Å². The molecule has 0 bridgehead atoms. The zero-order valence-electron chi connectivity index (χ0n) is 11.6. The molecule has 2 rings (SSSR count). The van der Waals surface area contributed by atoms with E-state index in [-0.39, 0.29) is 0 Å². The fourth-order valence-corrected chi connectivity index (χ4v) is 2.83. The molecule has 1 aliphatic carbocycles. The van der Waals surface area contributed by atoms with E-state index >= 15 is 0 Å². The smallest absolute Gasteiger partial charge is 0.123 e. The summed E-state index contributed by atoms with van der Waals surface area (Å²) in [5, 5.41) is 0. The first kappa shape index (κ1) is 14.4. The van der Waals surface area contributed by atoms with E-state index in [0.717, 1.165) is 23.1 Å². The monoisotopic (exact) mass is 324 g/mol. The number of methoxy groups -OCH3 is 1. The lowest BCUT2D eigenvalue weighted by Crippen LogP contribution is -2.23. The number of hydrogen-bond donors (Lipinski definition) is 0. The molecule has 0 aromatic heterocycles. The lowest BCUT2D eigenvalue weighted by atomic mass is 9.87. The van der Waals surface area contributed by atoms with Gasteiger partial charge in [-0.2, -0.15) is 0 Å². The molecular weight excluding hydrogens is 304 g/mol. The van der Waals surface area contributed by atoms with E-state index < -0.39 is 0 Å². The summed E-state index contributed by atoms with van der Waals surface area (Å²) in [6, 6.07) is 6.13. The predicted octanol–water partition coefficient (Wildman–Crippen LogP) is 4.86. The van der Waals surface area contributed by atoms with Crippen LogP contribution in [0.2, 0.25) is 0 Å². The van der Waals surface area contributed by atoms with Crippen molar-refractivity contribution >= 4 is 15.9 Å². The molecule has 1 fully saturated rings. The Balaban J connectivity index is 1.89. The number of allylic oxidation sites excluding steroid dienone is 1. The first-order chi connectivity index (χ1) is 9.20. The van der Waals surface area contributed by atoms with Gasteiger partial charge in [0.15, 0.2) is 0 Å². The highest BCUT2D eigenvalue weighted by Crippen LogP contribution is 2.31. The van der Waals surface area contributed by atoms with Crippen LogP contribution in [0, 0.1) is 12.8 Å². The Hall–Kier alpha value is -0.960. The van der Waals surface area contributed by atoms with Crippen LogP contribution in [0.1, 0.15) is 31.2 Å². The second-order valence-electron chi connectivity index (χ2n) is 5.08. The summed E-state index contributed by atoms with van der Waals surface area (Å²) < 4.78 is 12.2. The summed E-state index contributed by atoms with van der Waals surface area (Å²) in [5.41, 5.74) is 1.18. The molecule has 0 amide bonds. The first-order valence-corrected chi connectivity index (χ1v) is 7.61. The second-order valence-corrected chi connectivity index (χ2v) is 5.94. The standard InChI is InChI=1S/C16H21BrO2/c1-12-15(17)4-3-5-16(12)19-14-8-6-13(7-9-14)10-11-18-2/h3-5,10-11,13-14H,6-9H2,1-2H3/b11-10+. The Kier molecular flexibility index (Phi) is 5.32. The molecule has 0 heterocycles. The summed E-state index contributed by atoms with van der Waals surface area (Å²) in [7, 11) is 1.70. The highest BCUT2D eigenvalue weighted by molar-refractivity contribution is 9.10. The molecule has 19 heavy (non-hydrogen) atoms. The van der Waals surface area contributed by atoms with Crippen molar-refractivity contribution in [1.29, 1.82) is 0 Å². The minimum absolute atomic E-state index is 0.347. The summed E-state index contributed by atoms with van der Waals surface area (Å²) in [4.78, 5) is 0. The summed E-state index contributed by atoms with van der Waals surface area (Å²) in [6.07, 6.45) is 8.90. The maximum atomic E-state index is 6.13. The topological polar surface area (TPSA) is 18.5 Å². The first-order valence-electron chi connectivity index (χ1n) is 6.82. The number of halogens is 1. The molecule has 1 saturated carbocycles. The van der Waals surface area contributed by atoms with E-state index in [9.17, 15) is 0 Å². The van der Waals surface area contributed by atoms with Crippen molar-refractivity contribution in [2.24, 2.45) is 5.92 Å². The van der Waals surface area contributed by atoms with Gasteiger partial charge in [0, 0.05) is 10.0 Å². The van der Waals surface area contributed by atoms with Gasteiger partial charge in [-0.05, 0) is 56.7 Å². The molecule has 0 unspecified atom stereocenters. The molecule has 0 atom stereocenters. The van der Waals surface area contributed by atoms with Crippen molar-refractivity contribution < 1.29 is 9.47 Å². The van der Waals surface area contributed by atoms with Crippen molar-refractivity contribution in [3.63, 3.8) is 0 Å². The molecule has 0 saturated heterocycles.